The Kier molecular flexibility index (Phi) is 4.20. The van der Waals surface area contributed by atoms with Crippen LogP contribution in [0.25, 0.3) is 0 Å². The van der Waals surface area contributed by atoms with Gasteiger partial charge in [0.25, 0.3) is 0 Å². The summed E-state index contributed by atoms with van der Waals surface area (Å²) in [6, 6.07) is 24.2. The van der Waals surface area contributed by atoms with Gasteiger partial charge in [-0.25, -0.2) is 0 Å². The number of nitrogens with two attached hydrogens (primary N) is 2. The lowest BCUT2D eigenvalue weighted by atomic mass is 9.85. The van der Waals surface area contributed by atoms with E-state index in [1.807, 2.05) is 36.4 Å². The first-order valence-electron chi connectivity index (χ1n) is 7.52. The van der Waals surface area contributed by atoms with Crippen molar-refractivity contribution in [1.29, 1.82) is 0 Å². The van der Waals surface area contributed by atoms with E-state index < -0.39 is 0 Å². The molecule has 0 saturated heterocycles. The molecule has 3 heteroatoms. The monoisotopic (exact) mass is 304 g/mol. The molecule has 3 aromatic carbocycles. The van der Waals surface area contributed by atoms with Crippen LogP contribution in [-0.4, -0.2) is 7.11 Å². The van der Waals surface area contributed by atoms with Gasteiger partial charge in [0.2, 0.25) is 0 Å². The zero-order valence-electron chi connectivity index (χ0n) is 13.1. The summed E-state index contributed by atoms with van der Waals surface area (Å²) >= 11 is 0. The molecule has 0 aliphatic rings. The lowest BCUT2D eigenvalue weighted by molar-refractivity contribution is 0.414. The fraction of sp³-hybridized carbons (Fsp3) is 0.100. The van der Waals surface area contributed by atoms with Crippen LogP contribution < -0.4 is 16.2 Å². The molecule has 0 radical (unpaired) electrons. The molecule has 116 valence electrons. The maximum absolute atomic E-state index is 5.83. The minimum absolute atomic E-state index is 0.127. The zero-order valence-corrected chi connectivity index (χ0v) is 13.1. The Labute approximate surface area is 136 Å². The molecule has 4 N–H and O–H groups in total. The minimum atomic E-state index is 0.127. The summed E-state index contributed by atoms with van der Waals surface area (Å²) in [4.78, 5) is 0. The number of ether oxygens (including phenoxy) is 1. The van der Waals surface area contributed by atoms with E-state index in [2.05, 4.69) is 36.4 Å². The highest BCUT2D eigenvalue weighted by Crippen LogP contribution is 2.33. The van der Waals surface area contributed by atoms with Gasteiger partial charge in [0.1, 0.15) is 5.75 Å². The number of anilines is 2. The molecule has 3 rings (SSSR count). The molecule has 0 aliphatic carbocycles. The third-order valence-corrected chi connectivity index (χ3v) is 3.99. The van der Waals surface area contributed by atoms with Gasteiger partial charge < -0.3 is 16.2 Å². The second-order valence-corrected chi connectivity index (χ2v) is 5.54. The van der Waals surface area contributed by atoms with E-state index in [-0.39, 0.29) is 5.92 Å². The second kappa shape index (κ2) is 6.44. The maximum Gasteiger partial charge on any atom is 0.118 e. The van der Waals surface area contributed by atoms with E-state index in [0.717, 1.165) is 17.1 Å². The van der Waals surface area contributed by atoms with Crippen LogP contribution in [0.1, 0.15) is 22.6 Å². The molecule has 0 amide bonds. The predicted octanol–water partition coefficient (Wildman–Crippen LogP) is 4.04. The standard InChI is InChI=1S/C20H20N2O/c1-23-19-12-6-16(7-13-19)20(14-2-8-17(21)9-3-14)15-4-10-18(22)11-5-15/h2-13,20H,21-22H2,1H3. The summed E-state index contributed by atoms with van der Waals surface area (Å²) in [5, 5.41) is 0. The van der Waals surface area contributed by atoms with E-state index in [0.29, 0.717) is 0 Å². The van der Waals surface area contributed by atoms with Gasteiger partial charge >= 0.3 is 0 Å². The summed E-state index contributed by atoms with van der Waals surface area (Å²) in [5.41, 5.74) is 16.8. The number of hydrogen-bond donors (Lipinski definition) is 2. The average molecular weight is 304 g/mol. The number of rotatable bonds is 4. The molecule has 0 fully saturated rings. The molecule has 0 aliphatic heterocycles. The Morgan fingerprint density at radius 1 is 0.609 bits per heavy atom. The van der Waals surface area contributed by atoms with Crippen LogP contribution in [0.3, 0.4) is 0 Å². The van der Waals surface area contributed by atoms with Crippen LogP contribution in [-0.2, 0) is 0 Å². The van der Waals surface area contributed by atoms with Crippen LogP contribution in [0.5, 0.6) is 5.75 Å². The number of benzene rings is 3. The van der Waals surface area contributed by atoms with E-state index in [4.69, 9.17) is 16.2 Å². The molecule has 3 nitrogen and oxygen atoms in total. The molecule has 23 heavy (non-hydrogen) atoms. The maximum atomic E-state index is 5.83. The highest BCUT2D eigenvalue weighted by Gasteiger charge is 2.16. The molecule has 0 unspecified atom stereocenters. The van der Waals surface area contributed by atoms with Crippen molar-refractivity contribution in [3.63, 3.8) is 0 Å². The van der Waals surface area contributed by atoms with Gasteiger partial charge in [-0.2, -0.15) is 0 Å². The lowest BCUT2D eigenvalue weighted by Crippen LogP contribution is -2.04. The number of hydrogen-bond acceptors (Lipinski definition) is 3. The molecule has 3 aromatic rings. The zero-order chi connectivity index (χ0) is 16.2. The van der Waals surface area contributed by atoms with Gasteiger partial charge in [0.15, 0.2) is 0 Å². The van der Waals surface area contributed by atoms with Crippen molar-refractivity contribution in [2.75, 3.05) is 18.6 Å². The van der Waals surface area contributed by atoms with Crippen molar-refractivity contribution in [1.82, 2.24) is 0 Å². The van der Waals surface area contributed by atoms with Crippen molar-refractivity contribution in [2.45, 2.75) is 5.92 Å². The summed E-state index contributed by atoms with van der Waals surface area (Å²) in [6.07, 6.45) is 0. The Bertz CT molecular complexity index is 717. The molecule has 0 spiro atoms. The first-order valence-corrected chi connectivity index (χ1v) is 7.52. The minimum Gasteiger partial charge on any atom is -0.497 e. The van der Waals surface area contributed by atoms with Crippen molar-refractivity contribution < 1.29 is 4.74 Å². The summed E-state index contributed by atoms with van der Waals surface area (Å²) in [5.74, 6) is 0.976. The van der Waals surface area contributed by atoms with Crippen molar-refractivity contribution in [3.8, 4) is 5.75 Å². The third-order valence-electron chi connectivity index (χ3n) is 3.99. The fourth-order valence-corrected chi connectivity index (χ4v) is 2.75. The van der Waals surface area contributed by atoms with E-state index >= 15 is 0 Å². The normalized spacial score (nSPS) is 10.7. The Morgan fingerprint density at radius 3 is 1.30 bits per heavy atom. The van der Waals surface area contributed by atoms with Gasteiger partial charge in [-0.15, -0.1) is 0 Å². The fourth-order valence-electron chi connectivity index (χ4n) is 2.75. The van der Waals surface area contributed by atoms with Gasteiger partial charge in [0.05, 0.1) is 7.11 Å². The first-order chi connectivity index (χ1) is 11.2. The topological polar surface area (TPSA) is 61.3 Å². The largest absolute Gasteiger partial charge is 0.497 e. The average Bonchev–Trinajstić information content (AvgIpc) is 2.59. The van der Waals surface area contributed by atoms with Crippen LogP contribution in [0.4, 0.5) is 11.4 Å². The Morgan fingerprint density at radius 2 is 0.957 bits per heavy atom. The first kappa shape index (κ1) is 15.0. The van der Waals surface area contributed by atoms with Crippen molar-refractivity contribution in [3.05, 3.63) is 89.5 Å². The molecule has 0 atom stereocenters. The highest BCUT2D eigenvalue weighted by atomic mass is 16.5. The van der Waals surface area contributed by atoms with Crippen molar-refractivity contribution >= 4 is 11.4 Å². The third kappa shape index (κ3) is 3.29. The van der Waals surface area contributed by atoms with Gasteiger partial charge in [0, 0.05) is 17.3 Å². The Balaban J connectivity index is 2.08. The molecule has 0 saturated carbocycles. The summed E-state index contributed by atoms with van der Waals surface area (Å²) < 4.78 is 5.26. The van der Waals surface area contributed by atoms with E-state index in [9.17, 15) is 0 Å². The molecule has 0 heterocycles. The number of methoxy groups -OCH3 is 1. The second-order valence-electron chi connectivity index (χ2n) is 5.54. The molecule has 0 bridgehead atoms. The van der Waals surface area contributed by atoms with E-state index in [1.54, 1.807) is 7.11 Å². The SMILES string of the molecule is COc1ccc(C(c2ccc(N)cc2)c2ccc(N)cc2)cc1. The Hall–Kier alpha value is -2.94. The van der Waals surface area contributed by atoms with Gasteiger partial charge in [-0.3, -0.25) is 0 Å². The van der Waals surface area contributed by atoms with E-state index in [1.165, 1.54) is 16.7 Å². The predicted molar refractivity (Wildman–Crippen MR) is 95.6 cm³/mol. The van der Waals surface area contributed by atoms with Crippen LogP contribution in [0.15, 0.2) is 72.8 Å². The van der Waals surface area contributed by atoms with Crippen LogP contribution >= 0.6 is 0 Å². The van der Waals surface area contributed by atoms with Crippen molar-refractivity contribution in [2.24, 2.45) is 0 Å². The molecule has 0 aromatic heterocycles. The highest BCUT2D eigenvalue weighted by molar-refractivity contribution is 5.50. The smallest absolute Gasteiger partial charge is 0.118 e. The van der Waals surface area contributed by atoms with Gasteiger partial charge in [-0.05, 0) is 53.1 Å². The molecular formula is C20H20N2O. The molecular weight excluding hydrogens is 284 g/mol. The summed E-state index contributed by atoms with van der Waals surface area (Å²) in [7, 11) is 1.67. The van der Waals surface area contributed by atoms with Crippen LogP contribution in [0, 0.1) is 0 Å². The summed E-state index contributed by atoms with van der Waals surface area (Å²) in [6.45, 7) is 0. The van der Waals surface area contributed by atoms with Crippen LogP contribution in [0.2, 0.25) is 0 Å². The van der Waals surface area contributed by atoms with Gasteiger partial charge in [-0.1, -0.05) is 36.4 Å². The number of nitrogen functional groups attached to an aromatic ring is 2. The quantitative estimate of drug-likeness (QED) is 0.565. The lowest BCUT2D eigenvalue weighted by Gasteiger charge is -2.19.